The summed E-state index contributed by atoms with van der Waals surface area (Å²) in [4.78, 5) is 78.9. The second-order valence-electron chi connectivity index (χ2n) is 25.9. The molecule has 2 atom stereocenters. The van der Waals surface area contributed by atoms with Gasteiger partial charge in [0, 0.05) is 189 Å². The molecule has 15 rings (SSSR count). The molecule has 2 fully saturated rings. The van der Waals surface area contributed by atoms with E-state index in [2.05, 4.69) is 186 Å². The van der Waals surface area contributed by atoms with Crippen LogP contribution in [0.2, 0.25) is 0 Å². The predicted molar refractivity (Wildman–Crippen MR) is 398 cm³/mol. The first-order valence-electron chi connectivity index (χ1n) is 34.2. The number of carbonyl (C=O) groups is 2. The Morgan fingerprint density at radius 3 is 1.47 bits per heavy atom. The molecular weight excluding hydrogens is 1240 g/mol. The quantitative estimate of drug-likeness (QED) is 0.0500. The molecule has 506 valence electrons. The molecule has 12 aromatic rings. The van der Waals surface area contributed by atoms with Crippen molar-refractivity contribution >= 4 is 74.3 Å². The Morgan fingerprint density at radius 1 is 0.545 bits per heavy atom. The molecule has 6 N–H and O–H groups in total. The van der Waals surface area contributed by atoms with Gasteiger partial charge in [-0.1, -0.05) is 19.9 Å². The van der Waals surface area contributed by atoms with E-state index in [1.165, 1.54) is 11.4 Å². The average Bonchev–Trinajstić information content (AvgIpc) is 1.72. The normalized spacial score (nSPS) is 15.5. The highest BCUT2D eigenvalue weighted by molar-refractivity contribution is 5.99. The molecule has 3 aliphatic rings. The summed E-state index contributed by atoms with van der Waals surface area (Å²) in [6.07, 6.45) is 16.3. The second kappa shape index (κ2) is 29.6. The van der Waals surface area contributed by atoms with Gasteiger partial charge in [-0.3, -0.25) is 42.2 Å². The van der Waals surface area contributed by atoms with Crippen molar-refractivity contribution in [3.8, 4) is 33.8 Å². The van der Waals surface area contributed by atoms with Crippen LogP contribution in [-0.4, -0.2) is 142 Å². The maximum atomic E-state index is 12.8. The molecule has 4 aromatic carbocycles. The van der Waals surface area contributed by atoms with Gasteiger partial charge in [-0.15, -0.1) is 0 Å². The van der Waals surface area contributed by atoms with Crippen molar-refractivity contribution in [3.05, 3.63) is 239 Å². The molecule has 0 radical (unpaired) electrons. The van der Waals surface area contributed by atoms with Gasteiger partial charge in [0.15, 0.2) is 16.9 Å². The van der Waals surface area contributed by atoms with Crippen LogP contribution in [0.15, 0.2) is 211 Å². The Kier molecular flexibility index (Phi) is 19.8. The molecule has 21 heteroatoms. The lowest BCUT2D eigenvalue weighted by Crippen LogP contribution is -2.55. The minimum Gasteiger partial charge on any atom is -0.369 e. The first kappa shape index (κ1) is 66.3. The maximum Gasteiger partial charge on any atom is 0.253 e. The van der Waals surface area contributed by atoms with E-state index < -0.39 is 0 Å². The van der Waals surface area contributed by atoms with Crippen molar-refractivity contribution in [2.45, 2.75) is 79.1 Å². The fourth-order valence-electron chi connectivity index (χ4n) is 13.5. The first-order chi connectivity index (χ1) is 48.2. The Bertz CT molecular complexity index is 4920. The number of likely N-dealkylation sites (N-methyl/N-ethyl adjacent to an activating group) is 1. The molecule has 2 unspecified atom stereocenters. The number of piperazine rings is 2. The van der Waals surface area contributed by atoms with Gasteiger partial charge in [0.05, 0.1) is 34.1 Å². The highest BCUT2D eigenvalue weighted by atomic mass is 16.2. The Hall–Kier alpha value is -11.3. The first-order valence-corrected chi connectivity index (χ1v) is 34.2. The van der Waals surface area contributed by atoms with Gasteiger partial charge in [0.2, 0.25) is 11.1 Å². The molecule has 2 amide bonds. The monoisotopic (exact) mass is 1320 g/mol. The minimum atomic E-state index is -0.149. The fourth-order valence-corrected chi connectivity index (χ4v) is 13.5. The van der Waals surface area contributed by atoms with E-state index in [-0.39, 0.29) is 22.9 Å². The molecule has 0 aliphatic carbocycles. The van der Waals surface area contributed by atoms with Gasteiger partial charge in [0.1, 0.15) is 0 Å². The van der Waals surface area contributed by atoms with Gasteiger partial charge in [-0.2, -0.15) is 0 Å². The van der Waals surface area contributed by atoms with Crippen molar-refractivity contribution in [1.82, 2.24) is 58.1 Å². The van der Waals surface area contributed by atoms with Gasteiger partial charge in [0.25, 0.3) is 11.8 Å². The number of imidazole rings is 3. The number of hydrogen-bond acceptors (Lipinski definition) is 14. The largest absolute Gasteiger partial charge is 0.369 e. The number of nitrogens with zero attached hydrogens (tertiary/aromatic N) is 11. The van der Waals surface area contributed by atoms with Crippen molar-refractivity contribution < 1.29 is 9.59 Å². The minimum absolute atomic E-state index is 0.00251. The van der Waals surface area contributed by atoms with Gasteiger partial charge < -0.3 is 45.9 Å². The molecule has 0 spiro atoms. The number of rotatable bonds is 17. The van der Waals surface area contributed by atoms with Crippen LogP contribution in [0.5, 0.6) is 0 Å². The molecule has 99 heavy (non-hydrogen) atoms. The van der Waals surface area contributed by atoms with E-state index in [1.807, 2.05) is 111 Å². The molecule has 0 saturated carbocycles. The van der Waals surface area contributed by atoms with Crippen LogP contribution in [-0.2, 0) is 6.54 Å². The number of benzene rings is 4. The molecule has 11 heterocycles. The van der Waals surface area contributed by atoms with E-state index in [0.29, 0.717) is 30.2 Å². The summed E-state index contributed by atoms with van der Waals surface area (Å²) in [6, 6.07) is 51.5. The number of pyridine rings is 5. The standard InChI is InChI=1S/C28H30N6O.C25H28N6O.C25H27N5O2/c1-19(2)32-13-15-33(16-14-32)23-6-4-22(5-7-23)31-25-9-10-26(34-12-11-29-27(25)34)20-3-8-24-21(17-20)18-30-28(24)35;1-17-16-31(18(2)15-29(17)3)21-6-4-20(5-7-21)28-22-8-9-23(30-13-12-27-25(22)30)19-10-11-26-24(32)14-19;1-3-14-29(15-4-2)25(32)18-5-7-20(8-6-18)28-21-9-10-22(30-16-13-27-24(21)30)19-11-12-26-23(31)17-19/h3-12,17,19,31H,13-16,18H2,1-2H3,(H,30,35);4-14,17-18,28H,15-16H2,1-3H3,(H,26,32);5-13,16-17,28H,3-4,14-15H2,1-2H3,(H,26,31). The fraction of sp³-hybridized carbons (Fsp3) is 0.269. The topological polar surface area (TPSA) is 216 Å². The zero-order valence-corrected chi connectivity index (χ0v) is 57.1. The summed E-state index contributed by atoms with van der Waals surface area (Å²) in [5.74, 6) is 0.0702. The average molecular weight is 1320 g/mol. The highest BCUT2D eigenvalue weighted by Gasteiger charge is 2.27. The van der Waals surface area contributed by atoms with E-state index in [4.69, 9.17) is 0 Å². The lowest BCUT2D eigenvalue weighted by molar-refractivity contribution is 0.0755. The number of aromatic amines is 2. The Morgan fingerprint density at radius 2 is 1.01 bits per heavy atom. The van der Waals surface area contributed by atoms with Gasteiger partial charge in [-0.25, -0.2) is 15.0 Å². The Balaban J connectivity index is 0.000000134. The zero-order valence-electron chi connectivity index (χ0n) is 57.1. The highest BCUT2D eigenvalue weighted by Crippen LogP contribution is 2.34. The van der Waals surface area contributed by atoms with Gasteiger partial charge in [-0.05, 0) is 192 Å². The molecule has 2 saturated heterocycles. The van der Waals surface area contributed by atoms with E-state index in [9.17, 15) is 19.2 Å². The van der Waals surface area contributed by atoms with Crippen molar-refractivity contribution in [2.24, 2.45) is 0 Å². The number of aromatic nitrogens is 8. The zero-order chi connectivity index (χ0) is 68.7. The molecule has 8 aromatic heterocycles. The van der Waals surface area contributed by atoms with E-state index in [0.717, 1.165) is 161 Å². The maximum absolute atomic E-state index is 12.8. The molecular formula is C78H85N17O4. The Labute approximate surface area is 575 Å². The summed E-state index contributed by atoms with van der Waals surface area (Å²) in [5, 5.41) is 13.3. The summed E-state index contributed by atoms with van der Waals surface area (Å²) in [6.45, 7) is 21.8. The van der Waals surface area contributed by atoms with Crippen molar-refractivity contribution in [3.63, 3.8) is 0 Å². The second-order valence-corrected chi connectivity index (χ2v) is 25.9. The van der Waals surface area contributed by atoms with Crippen LogP contribution < -0.4 is 42.2 Å². The summed E-state index contributed by atoms with van der Waals surface area (Å²) in [7, 11) is 2.20. The summed E-state index contributed by atoms with van der Waals surface area (Å²) >= 11 is 0. The van der Waals surface area contributed by atoms with Crippen LogP contribution >= 0.6 is 0 Å². The van der Waals surface area contributed by atoms with Crippen LogP contribution in [0.3, 0.4) is 0 Å². The third kappa shape index (κ3) is 14.7. The number of hydrogen-bond donors (Lipinski definition) is 6. The summed E-state index contributed by atoms with van der Waals surface area (Å²) < 4.78 is 6.04. The molecule has 0 bridgehead atoms. The van der Waals surface area contributed by atoms with Crippen LogP contribution in [0.4, 0.5) is 45.5 Å². The number of fused-ring (bicyclic) bond motifs is 4. The van der Waals surface area contributed by atoms with Crippen molar-refractivity contribution in [2.75, 3.05) is 85.2 Å². The number of nitrogens with one attached hydrogen (secondary N) is 6. The van der Waals surface area contributed by atoms with Crippen LogP contribution in [0, 0.1) is 0 Å². The number of carbonyl (C=O) groups excluding carboxylic acids is 2. The smallest absolute Gasteiger partial charge is 0.253 e. The number of amides is 2. The third-order valence-electron chi connectivity index (χ3n) is 18.9. The summed E-state index contributed by atoms with van der Waals surface area (Å²) in [5.41, 5.74) is 18.4. The number of H-pyrrole nitrogens is 2. The molecule has 3 aliphatic heterocycles. The van der Waals surface area contributed by atoms with Gasteiger partial charge >= 0.3 is 0 Å². The number of anilines is 8. The SMILES string of the molecule is CC(C)N1CCN(c2ccc(Nc3ccc(-c4ccc5c(c4)CNC5=O)n4ccnc34)cc2)CC1.CC1CN(c2ccc(Nc3ccc(-c4cc[nH]c(=O)c4)n4ccnc34)cc2)C(C)CN1C.CCCN(CCC)C(=O)c1ccc(Nc2ccc(-c3cc[nH]c(=O)c3)n3ccnc23)cc1. The molecule has 21 nitrogen and oxygen atoms in total. The lowest BCUT2D eigenvalue weighted by atomic mass is 10.0. The van der Waals surface area contributed by atoms with E-state index >= 15 is 0 Å². The van der Waals surface area contributed by atoms with Crippen LogP contribution in [0.25, 0.3) is 50.7 Å². The van der Waals surface area contributed by atoms with Crippen molar-refractivity contribution in [1.29, 1.82) is 0 Å². The third-order valence-corrected chi connectivity index (χ3v) is 18.9. The van der Waals surface area contributed by atoms with E-state index in [1.54, 1.807) is 36.9 Å². The lowest BCUT2D eigenvalue weighted by Gasteiger charge is -2.43. The van der Waals surface area contributed by atoms with Crippen LogP contribution in [0.1, 0.15) is 80.7 Å². The predicted octanol–water partition coefficient (Wildman–Crippen LogP) is 13.2.